The first-order chi connectivity index (χ1) is 13.0. The minimum absolute atomic E-state index is 0.185. The van der Waals surface area contributed by atoms with E-state index in [0.29, 0.717) is 16.7 Å². The van der Waals surface area contributed by atoms with Gasteiger partial charge in [-0.25, -0.2) is 4.98 Å². The van der Waals surface area contributed by atoms with Gasteiger partial charge in [0, 0.05) is 23.0 Å². The summed E-state index contributed by atoms with van der Waals surface area (Å²) in [5.74, 6) is 2.01. The Bertz CT molecular complexity index is 1240. The number of para-hydroxylation sites is 1. The summed E-state index contributed by atoms with van der Waals surface area (Å²) in [6, 6.07) is 11.1. The third-order valence-electron chi connectivity index (χ3n) is 4.54. The lowest BCUT2D eigenvalue weighted by Gasteiger charge is -2.05. The number of hydrogen-bond acceptors (Lipinski definition) is 5. The Kier molecular flexibility index (Phi) is 3.99. The zero-order chi connectivity index (χ0) is 19.1. The van der Waals surface area contributed by atoms with Crippen LogP contribution in [-0.2, 0) is 0 Å². The molecule has 0 fully saturated rings. The molecule has 0 aliphatic rings. The fourth-order valence-corrected chi connectivity index (χ4v) is 3.22. The SMILES string of the molecule is Cc1cc(-n2c(C)cc(/C=N\n3c(C)nc4ccccc4c3=O)c2C)no1. The van der Waals surface area contributed by atoms with Crippen LogP contribution in [-0.4, -0.2) is 25.6 Å². The van der Waals surface area contributed by atoms with E-state index in [4.69, 9.17) is 4.52 Å². The standard InChI is InChI=1S/C20H19N5O2/c1-12-9-16(14(3)24(12)19-10-13(2)27-23-19)11-21-25-15(4)22-18-8-6-5-7-17(18)20(25)26/h5-11H,1-4H3/b21-11-. The van der Waals surface area contributed by atoms with Crippen LogP contribution in [0.2, 0.25) is 0 Å². The molecule has 3 heterocycles. The minimum atomic E-state index is -0.185. The molecule has 3 aromatic heterocycles. The molecule has 0 spiro atoms. The van der Waals surface area contributed by atoms with E-state index >= 15 is 0 Å². The van der Waals surface area contributed by atoms with Gasteiger partial charge >= 0.3 is 0 Å². The Morgan fingerprint density at radius 3 is 2.63 bits per heavy atom. The van der Waals surface area contributed by atoms with Crippen LogP contribution in [0, 0.1) is 27.7 Å². The van der Waals surface area contributed by atoms with E-state index in [1.54, 1.807) is 19.2 Å². The molecule has 7 nitrogen and oxygen atoms in total. The van der Waals surface area contributed by atoms with Gasteiger partial charge in [-0.05, 0) is 45.9 Å². The Morgan fingerprint density at radius 2 is 1.89 bits per heavy atom. The predicted octanol–water partition coefficient (Wildman–Crippen LogP) is 3.29. The average molecular weight is 361 g/mol. The summed E-state index contributed by atoms with van der Waals surface area (Å²) >= 11 is 0. The van der Waals surface area contributed by atoms with Gasteiger partial charge in [0.05, 0.1) is 17.1 Å². The van der Waals surface area contributed by atoms with E-state index < -0.39 is 0 Å². The molecule has 0 saturated carbocycles. The zero-order valence-corrected chi connectivity index (χ0v) is 15.6. The van der Waals surface area contributed by atoms with Crippen molar-refractivity contribution in [1.82, 2.24) is 19.4 Å². The number of benzene rings is 1. The molecular weight excluding hydrogens is 342 g/mol. The molecule has 0 aliphatic carbocycles. The molecule has 7 heteroatoms. The maximum Gasteiger partial charge on any atom is 0.282 e. The second kappa shape index (κ2) is 6.35. The lowest BCUT2D eigenvalue weighted by molar-refractivity contribution is 0.394. The van der Waals surface area contributed by atoms with Gasteiger partial charge in [-0.2, -0.15) is 9.78 Å². The lowest BCUT2D eigenvalue weighted by Crippen LogP contribution is -2.20. The molecule has 0 amide bonds. The highest BCUT2D eigenvalue weighted by Crippen LogP contribution is 2.19. The lowest BCUT2D eigenvalue weighted by atomic mass is 10.2. The minimum Gasteiger partial charge on any atom is -0.360 e. The van der Waals surface area contributed by atoms with Crippen LogP contribution in [0.1, 0.15) is 28.5 Å². The number of aromatic nitrogens is 4. The fourth-order valence-electron chi connectivity index (χ4n) is 3.22. The maximum absolute atomic E-state index is 12.7. The molecule has 0 radical (unpaired) electrons. The number of fused-ring (bicyclic) bond motifs is 1. The van der Waals surface area contributed by atoms with Crippen LogP contribution in [0.4, 0.5) is 0 Å². The van der Waals surface area contributed by atoms with Crippen molar-refractivity contribution in [1.29, 1.82) is 0 Å². The first kappa shape index (κ1) is 17.0. The molecule has 136 valence electrons. The number of nitrogens with zero attached hydrogens (tertiary/aromatic N) is 5. The summed E-state index contributed by atoms with van der Waals surface area (Å²) in [6.45, 7) is 7.59. The molecule has 4 aromatic rings. The van der Waals surface area contributed by atoms with Crippen molar-refractivity contribution in [3.05, 3.63) is 75.3 Å². The van der Waals surface area contributed by atoms with Crippen molar-refractivity contribution >= 4 is 17.1 Å². The smallest absolute Gasteiger partial charge is 0.282 e. The van der Waals surface area contributed by atoms with Gasteiger partial charge in [0.15, 0.2) is 5.82 Å². The summed E-state index contributed by atoms with van der Waals surface area (Å²) in [5.41, 5.74) is 3.35. The second-order valence-corrected chi connectivity index (χ2v) is 6.50. The Labute approximate surface area is 155 Å². The van der Waals surface area contributed by atoms with Crippen LogP contribution < -0.4 is 5.56 Å². The van der Waals surface area contributed by atoms with E-state index in [9.17, 15) is 4.79 Å². The van der Waals surface area contributed by atoms with Crippen molar-refractivity contribution in [2.45, 2.75) is 27.7 Å². The number of rotatable bonds is 3. The van der Waals surface area contributed by atoms with Crippen LogP contribution >= 0.6 is 0 Å². The van der Waals surface area contributed by atoms with Crippen molar-refractivity contribution in [3.63, 3.8) is 0 Å². The van der Waals surface area contributed by atoms with Crippen LogP contribution in [0.5, 0.6) is 0 Å². The van der Waals surface area contributed by atoms with Crippen molar-refractivity contribution in [3.8, 4) is 5.82 Å². The molecule has 0 saturated heterocycles. The van der Waals surface area contributed by atoms with Gasteiger partial charge in [0.2, 0.25) is 0 Å². The third-order valence-corrected chi connectivity index (χ3v) is 4.54. The van der Waals surface area contributed by atoms with Crippen LogP contribution in [0.3, 0.4) is 0 Å². The van der Waals surface area contributed by atoms with Crippen molar-refractivity contribution in [2.75, 3.05) is 0 Å². The largest absolute Gasteiger partial charge is 0.360 e. The Balaban J connectivity index is 1.78. The van der Waals surface area contributed by atoms with E-state index in [1.165, 1.54) is 4.68 Å². The molecule has 0 unspecified atom stereocenters. The van der Waals surface area contributed by atoms with E-state index in [1.807, 2.05) is 55.7 Å². The summed E-state index contributed by atoms with van der Waals surface area (Å²) in [7, 11) is 0. The van der Waals surface area contributed by atoms with Crippen LogP contribution in [0.25, 0.3) is 16.7 Å². The highest BCUT2D eigenvalue weighted by molar-refractivity contribution is 5.82. The number of aryl methyl sites for hydroxylation is 3. The molecule has 0 aliphatic heterocycles. The predicted molar refractivity (Wildman–Crippen MR) is 104 cm³/mol. The summed E-state index contributed by atoms with van der Waals surface area (Å²) in [4.78, 5) is 17.2. The fraction of sp³-hybridized carbons (Fsp3) is 0.200. The average Bonchev–Trinajstić information content (AvgIpc) is 3.17. The van der Waals surface area contributed by atoms with Crippen molar-refractivity contribution in [2.24, 2.45) is 5.10 Å². The van der Waals surface area contributed by atoms with Gasteiger partial charge in [0.1, 0.15) is 11.6 Å². The van der Waals surface area contributed by atoms with Gasteiger partial charge in [-0.15, -0.1) is 0 Å². The molecule has 0 bridgehead atoms. The topological polar surface area (TPSA) is 78.2 Å². The summed E-state index contributed by atoms with van der Waals surface area (Å²) < 4.78 is 8.50. The first-order valence-corrected chi connectivity index (χ1v) is 8.61. The molecular formula is C20H19N5O2. The van der Waals surface area contributed by atoms with E-state index in [-0.39, 0.29) is 5.56 Å². The second-order valence-electron chi connectivity index (χ2n) is 6.50. The Morgan fingerprint density at radius 1 is 1.11 bits per heavy atom. The Hall–Kier alpha value is -3.48. The quantitative estimate of drug-likeness (QED) is 0.525. The summed E-state index contributed by atoms with van der Waals surface area (Å²) in [5, 5.41) is 9.02. The molecule has 0 atom stereocenters. The van der Waals surface area contributed by atoms with Crippen molar-refractivity contribution < 1.29 is 4.52 Å². The maximum atomic E-state index is 12.7. The van der Waals surface area contributed by atoms with Gasteiger partial charge in [0.25, 0.3) is 5.56 Å². The van der Waals surface area contributed by atoms with Gasteiger partial charge in [-0.1, -0.05) is 17.3 Å². The zero-order valence-electron chi connectivity index (χ0n) is 15.6. The first-order valence-electron chi connectivity index (χ1n) is 8.61. The molecule has 1 aromatic carbocycles. The molecule has 27 heavy (non-hydrogen) atoms. The summed E-state index contributed by atoms with van der Waals surface area (Å²) in [6.07, 6.45) is 1.68. The van der Waals surface area contributed by atoms with E-state index in [0.717, 1.165) is 28.5 Å². The van der Waals surface area contributed by atoms with E-state index in [2.05, 4.69) is 15.2 Å². The normalized spacial score (nSPS) is 11.7. The van der Waals surface area contributed by atoms with Gasteiger partial charge in [-0.3, -0.25) is 9.36 Å². The third kappa shape index (κ3) is 2.87. The monoisotopic (exact) mass is 361 g/mol. The number of hydrogen-bond donors (Lipinski definition) is 0. The molecule has 0 N–H and O–H groups in total. The highest BCUT2D eigenvalue weighted by Gasteiger charge is 2.13. The molecule has 4 rings (SSSR count). The van der Waals surface area contributed by atoms with Crippen LogP contribution in [0.15, 0.2) is 50.8 Å². The van der Waals surface area contributed by atoms with Gasteiger partial charge < -0.3 is 4.52 Å². The highest BCUT2D eigenvalue weighted by atomic mass is 16.5.